The lowest BCUT2D eigenvalue weighted by molar-refractivity contribution is -0.155. The molecule has 0 aromatic carbocycles. The van der Waals surface area contributed by atoms with Gasteiger partial charge in [-0.05, 0) is 40.2 Å². The van der Waals surface area contributed by atoms with E-state index in [4.69, 9.17) is 16.2 Å². The van der Waals surface area contributed by atoms with Gasteiger partial charge in [0.1, 0.15) is 5.60 Å². The number of carbonyl (C=O) groups excluding carboxylic acids is 1. The number of hydrogen-bond donors (Lipinski definition) is 2. The highest BCUT2D eigenvalue weighted by molar-refractivity contribution is 5.70. The van der Waals surface area contributed by atoms with Crippen molar-refractivity contribution in [2.75, 3.05) is 6.54 Å². The van der Waals surface area contributed by atoms with Gasteiger partial charge in [-0.1, -0.05) is 0 Å². The first-order valence-corrected chi connectivity index (χ1v) is 5.02. The van der Waals surface area contributed by atoms with Crippen molar-refractivity contribution in [3.05, 3.63) is 0 Å². The third kappa shape index (κ3) is 8.01. The Hall–Kier alpha value is -0.610. The summed E-state index contributed by atoms with van der Waals surface area (Å²) in [6.07, 6.45) is 1.90. The Labute approximate surface area is 86.0 Å². The molecule has 0 radical (unpaired) electrons. The molecule has 4 nitrogen and oxygen atoms in total. The van der Waals surface area contributed by atoms with E-state index in [0.717, 1.165) is 12.8 Å². The molecule has 0 saturated carbocycles. The average Bonchev–Trinajstić information content (AvgIpc) is 1.96. The van der Waals surface area contributed by atoms with Crippen molar-refractivity contribution < 1.29 is 9.53 Å². The molecule has 0 spiro atoms. The van der Waals surface area contributed by atoms with Gasteiger partial charge in [0.15, 0.2) is 0 Å². The molecule has 0 saturated heterocycles. The fourth-order valence-corrected chi connectivity index (χ4v) is 1.08. The highest BCUT2D eigenvalue weighted by atomic mass is 16.6. The second-order valence-electron chi connectivity index (χ2n) is 4.48. The third-order valence-corrected chi connectivity index (χ3v) is 1.63. The van der Waals surface area contributed by atoms with Gasteiger partial charge in [0.05, 0.1) is 6.42 Å². The molecule has 1 unspecified atom stereocenters. The predicted octanol–water partition coefficient (Wildman–Crippen LogP) is 0.784. The SMILES string of the molecule is CC(C)(C)OC(=O)CC(N)CCCN. The Balaban J connectivity index is 3.71. The van der Waals surface area contributed by atoms with Gasteiger partial charge in [0.25, 0.3) is 0 Å². The van der Waals surface area contributed by atoms with Crippen molar-refractivity contribution in [2.45, 2.75) is 51.7 Å². The molecule has 0 bridgehead atoms. The fourth-order valence-electron chi connectivity index (χ4n) is 1.08. The van der Waals surface area contributed by atoms with Crippen LogP contribution in [0.25, 0.3) is 0 Å². The topological polar surface area (TPSA) is 78.3 Å². The van der Waals surface area contributed by atoms with E-state index in [1.807, 2.05) is 20.8 Å². The van der Waals surface area contributed by atoms with E-state index in [9.17, 15) is 4.79 Å². The van der Waals surface area contributed by atoms with E-state index in [2.05, 4.69) is 0 Å². The number of nitrogens with two attached hydrogens (primary N) is 2. The monoisotopic (exact) mass is 202 g/mol. The van der Waals surface area contributed by atoms with E-state index in [1.54, 1.807) is 0 Å². The zero-order valence-electron chi connectivity index (χ0n) is 9.38. The second kappa shape index (κ2) is 5.98. The summed E-state index contributed by atoms with van der Waals surface area (Å²) in [7, 11) is 0. The number of hydrogen-bond acceptors (Lipinski definition) is 4. The Kier molecular flexibility index (Phi) is 5.72. The lowest BCUT2D eigenvalue weighted by Crippen LogP contribution is -2.30. The highest BCUT2D eigenvalue weighted by Gasteiger charge is 2.18. The molecule has 14 heavy (non-hydrogen) atoms. The summed E-state index contributed by atoms with van der Waals surface area (Å²) in [4.78, 5) is 11.3. The molecule has 0 rings (SSSR count). The first-order valence-electron chi connectivity index (χ1n) is 5.02. The van der Waals surface area contributed by atoms with Crippen LogP contribution in [-0.4, -0.2) is 24.2 Å². The van der Waals surface area contributed by atoms with E-state index in [0.29, 0.717) is 6.54 Å². The zero-order chi connectivity index (χ0) is 11.2. The van der Waals surface area contributed by atoms with Crippen LogP contribution in [0.5, 0.6) is 0 Å². The average molecular weight is 202 g/mol. The van der Waals surface area contributed by atoms with Gasteiger partial charge in [-0.2, -0.15) is 0 Å². The maximum Gasteiger partial charge on any atom is 0.307 e. The Bertz CT molecular complexity index is 175. The van der Waals surface area contributed by atoms with Crippen LogP contribution in [0.4, 0.5) is 0 Å². The van der Waals surface area contributed by atoms with Crippen molar-refractivity contribution >= 4 is 5.97 Å². The van der Waals surface area contributed by atoms with E-state index < -0.39 is 5.60 Å². The molecule has 1 atom stereocenters. The zero-order valence-corrected chi connectivity index (χ0v) is 9.38. The van der Waals surface area contributed by atoms with Crippen LogP contribution in [0, 0.1) is 0 Å². The van der Waals surface area contributed by atoms with Gasteiger partial charge >= 0.3 is 5.97 Å². The lowest BCUT2D eigenvalue weighted by Gasteiger charge is -2.20. The first kappa shape index (κ1) is 13.4. The van der Waals surface area contributed by atoms with Gasteiger partial charge in [0.2, 0.25) is 0 Å². The summed E-state index contributed by atoms with van der Waals surface area (Å²) < 4.78 is 5.14. The third-order valence-electron chi connectivity index (χ3n) is 1.63. The highest BCUT2D eigenvalue weighted by Crippen LogP contribution is 2.09. The van der Waals surface area contributed by atoms with Crippen LogP contribution >= 0.6 is 0 Å². The van der Waals surface area contributed by atoms with Gasteiger partial charge in [-0.15, -0.1) is 0 Å². The summed E-state index contributed by atoms with van der Waals surface area (Å²) in [6.45, 7) is 6.14. The minimum atomic E-state index is -0.426. The molecular formula is C10H22N2O2. The molecule has 0 aliphatic carbocycles. The molecule has 0 amide bonds. The standard InChI is InChI=1S/C10H22N2O2/c1-10(2,3)14-9(13)7-8(12)5-4-6-11/h8H,4-7,11-12H2,1-3H3. The molecule has 4 heteroatoms. The minimum absolute atomic E-state index is 0.131. The summed E-state index contributed by atoms with van der Waals surface area (Å²) in [5.41, 5.74) is 10.6. The second-order valence-corrected chi connectivity index (χ2v) is 4.48. The largest absolute Gasteiger partial charge is 0.460 e. The molecule has 0 fully saturated rings. The Morgan fingerprint density at radius 2 is 2.00 bits per heavy atom. The van der Waals surface area contributed by atoms with Gasteiger partial charge in [-0.25, -0.2) is 0 Å². The van der Waals surface area contributed by atoms with Crippen molar-refractivity contribution in [1.82, 2.24) is 0 Å². The van der Waals surface area contributed by atoms with Crippen molar-refractivity contribution in [2.24, 2.45) is 11.5 Å². The van der Waals surface area contributed by atoms with Crippen molar-refractivity contribution in [3.8, 4) is 0 Å². The normalized spacial score (nSPS) is 13.8. The van der Waals surface area contributed by atoms with Gasteiger partial charge in [0, 0.05) is 6.04 Å². The van der Waals surface area contributed by atoms with Crippen LogP contribution < -0.4 is 11.5 Å². The molecule has 0 aromatic heterocycles. The molecular weight excluding hydrogens is 180 g/mol. The van der Waals surface area contributed by atoms with E-state index in [-0.39, 0.29) is 18.4 Å². The van der Waals surface area contributed by atoms with Crippen LogP contribution in [0.15, 0.2) is 0 Å². The van der Waals surface area contributed by atoms with Gasteiger partial charge < -0.3 is 16.2 Å². The van der Waals surface area contributed by atoms with E-state index in [1.165, 1.54) is 0 Å². The molecule has 0 aliphatic heterocycles. The Morgan fingerprint density at radius 3 is 2.43 bits per heavy atom. The maximum atomic E-state index is 11.3. The molecule has 0 aliphatic rings. The van der Waals surface area contributed by atoms with Crippen LogP contribution in [0.1, 0.15) is 40.0 Å². The lowest BCUT2D eigenvalue weighted by atomic mass is 10.1. The summed E-state index contributed by atoms with van der Waals surface area (Å²) in [5.74, 6) is -0.234. The number of carbonyl (C=O) groups is 1. The summed E-state index contributed by atoms with van der Waals surface area (Å²) in [5, 5.41) is 0. The van der Waals surface area contributed by atoms with Crippen LogP contribution in [-0.2, 0) is 9.53 Å². The molecule has 84 valence electrons. The fraction of sp³-hybridized carbons (Fsp3) is 0.900. The Morgan fingerprint density at radius 1 is 1.43 bits per heavy atom. The minimum Gasteiger partial charge on any atom is -0.460 e. The number of rotatable bonds is 5. The van der Waals surface area contributed by atoms with Gasteiger partial charge in [-0.3, -0.25) is 4.79 Å². The van der Waals surface area contributed by atoms with Crippen LogP contribution in [0.3, 0.4) is 0 Å². The smallest absolute Gasteiger partial charge is 0.307 e. The summed E-state index contributed by atoms with van der Waals surface area (Å²) in [6, 6.07) is -0.131. The predicted molar refractivity (Wildman–Crippen MR) is 56.7 cm³/mol. The quantitative estimate of drug-likeness (QED) is 0.646. The van der Waals surface area contributed by atoms with Crippen molar-refractivity contribution in [3.63, 3.8) is 0 Å². The van der Waals surface area contributed by atoms with Crippen LogP contribution in [0.2, 0.25) is 0 Å². The van der Waals surface area contributed by atoms with Crippen molar-refractivity contribution in [1.29, 1.82) is 0 Å². The molecule has 0 aromatic rings. The van der Waals surface area contributed by atoms with E-state index >= 15 is 0 Å². The first-order chi connectivity index (χ1) is 6.35. The number of esters is 1. The maximum absolute atomic E-state index is 11.3. The molecule has 0 heterocycles. The number of ether oxygens (including phenoxy) is 1. The summed E-state index contributed by atoms with van der Waals surface area (Å²) >= 11 is 0. The molecule has 4 N–H and O–H groups in total.